The summed E-state index contributed by atoms with van der Waals surface area (Å²) in [6.07, 6.45) is -0.640. The Morgan fingerprint density at radius 2 is 2.07 bits per heavy atom. The molecular weight excluding hydrogens is 369 g/mol. The van der Waals surface area contributed by atoms with Gasteiger partial charge in [-0.3, -0.25) is 9.89 Å². The standard InChI is InChI=1S/C20H25F3N4O/c1-14-24-18(26-25-14)10-11-19(28)27-12-4-5-15(13-27)8-9-16-6-2-3-7-17(16)20(21,22)23/h2-3,6-7,15H,4-5,8-13H2,1H3,(H,24,25,26)/t15-/m1/s1. The average Bonchev–Trinajstić information content (AvgIpc) is 3.09. The quantitative estimate of drug-likeness (QED) is 0.807. The molecule has 5 nitrogen and oxygen atoms in total. The van der Waals surface area contributed by atoms with E-state index in [2.05, 4.69) is 15.2 Å². The number of amides is 1. The molecule has 1 aromatic carbocycles. The maximum Gasteiger partial charge on any atom is 0.416 e. The van der Waals surface area contributed by atoms with Gasteiger partial charge in [-0.15, -0.1) is 0 Å². The van der Waals surface area contributed by atoms with Gasteiger partial charge >= 0.3 is 6.18 Å². The molecule has 0 spiro atoms. The molecule has 1 aromatic heterocycles. The summed E-state index contributed by atoms with van der Waals surface area (Å²) in [4.78, 5) is 18.5. The minimum atomic E-state index is -4.33. The Hall–Kier alpha value is -2.38. The van der Waals surface area contributed by atoms with Crippen LogP contribution >= 0.6 is 0 Å². The van der Waals surface area contributed by atoms with E-state index in [4.69, 9.17) is 0 Å². The SMILES string of the molecule is Cc1nc(CCC(=O)N2CCC[C@H](CCc3ccccc3C(F)(F)F)C2)n[nH]1. The maximum atomic E-state index is 13.1. The summed E-state index contributed by atoms with van der Waals surface area (Å²) in [7, 11) is 0. The van der Waals surface area contributed by atoms with Crippen LogP contribution in [0.3, 0.4) is 0 Å². The Morgan fingerprint density at radius 1 is 1.29 bits per heavy atom. The normalized spacial score (nSPS) is 17.7. The molecule has 1 aliphatic rings. The molecule has 1 N–H and O–H groups in total. The number of H-pyrrole nitrogens is 1. The second-order valence-corrected chi connectivity index (χ2v) is 7.38. The van der Waals surface area contributed by atoms with Crippen molar-refractivity contribution in [1.29, 1.82) is 0 Å². The number of aromatic nitrogens is 3. The van der Waals surface area contributed by atoms with Crippen LogP contribution in [0.15, 0.2) is 24.3 Å². The number of nitrogens with one attached hydrogen (secondary N) is 1. The van der Waals surface area contributed by atoms with Crippen molar-refractivity contribution in [2.45, 2.75) is 51.6 Å². The van der Waals surface area contributed by atoms with Gasteiger partial charge in [0.15, 0.2) is 5.82 Å². The second kappa shape index (κ2) is 8.75. The summed E-state index contributed by atoms with van der Waals surface area (Å²) < 4.78 is 39.4. The van der Waals surface area contributed by atoms with Gasteiger partial charge in [-0.25, -0.2) is 4.98 Å². The summed E-state index contributed by atoms with van der Waals surface area (Å²) in [6.45, 7) is 3.13. The average molecular weight is 394 g/mol. The zero-order valence-corrected chi connectivity index (χ0v) is 15.9. The van der Waals surface area contributed by atoms with E-state index in [0.717, 1.165) is 24.7 Å². The van der Waals surface area contributed by atoms with Gasteiger partial charge in [-0.1, -0.05) is 18.2 Å². The molecule has 1 fully saturated rings. The first-order valence-electron chi connectivity index (χ1n) is 9.63. The Balaban J connectivity index is 1.52. The van der Waals surface area contributed by atoms with Gasteiger partial charge in [-0.05, 0) is 50.2 Å². The molecule has 2 aromatic rings. The topological polar surface area (TPSA) is 61.9 Å². The number of nitrogens with zero attached hydrogens (tertiary/aromatic N) is 3. The zero-order chi connectivity index (χ0) is 20.1. The number of aromatic amines is 1. The van der Waals surface area contributed by atoms with Crippen LogP contribution in [-0.2, 0) is 23.8 Å². The largest absolute Gasteiger partial charge is 0.416 e. The van der Waals surface area contributed by atoms with Crippen LogP contribution in [0.5, 0.6) is 0 Å². The van der Waals surface area contributed by atoms with Gasteiger partial charge < -0.3 is 4.90 Å². The predicted octanol–water partition coefficient (Wildman–Crippen LogP) is 3.94. The molecule has 0 aliphatic carbocycles. The molecule has 0 radical (unpaired) electrons. The third-order valence-corrected chi connectivity index (χ3v) is 5.22. The first kappa shape index (κ1) is 20.4. The number of aryl methyl sites for hydroxylation is 3. The first-order valence-corrected chi connectivity index (χ1v) is 9.63. The Bertz CT molecular complexity index is 803. The van der Waals surface area contributed by atoms with Crippen LogP contribution in [0.2, 0.25) is 0 Å². The molecule has 1 amide bonds. The lowest BCUT2D eigenvalue weighted by molar-refractivity contribution is -0.138. The number of halogens is 3. The summed E-state index contributed by atoms with van der Waals surface area (Å²) in [5.74, 6) is 1.63. The van der Waals surface area contributed by atoms with Crippen molar-refractivity contribution in [3.8, 4) is 0 Å². The molecule has 1 saturated heterocycles. The fraction of sp³-hybridized carbons (Fsp3) is 0.550. The Morgan fingerprint density at radius 3 is 2.79 bits per heavy atom. The van der Waals surface area contributed by atoms with Crippen molar-refractivity contribution in [1.82, 2.24) is 20.1 Å². The minimum Gasteiger partial charge on any atom is -0.342 e. The van der Waals surface area contributed by atoms with Crippen molar-refractivity contribution in [3.63, 3.8) is 0 Å². The molecule has 28 heavy (non-hydrogen) atoms. The third-order valence-electron chi connectivity index (χ3n) is 5.22. The smallest absolute Gasteiger partial charge is 0.342 e. The van der Waals surface area contributed by atoms with E-state index in [1.807, 2.05) is 11.8 Å². The highest BCUT2D eigenvalue weighted by Gasteiger charge is 2.33. The molecule has 152 valence electrons. The van der Waals surface area contributed by atoms with E-state index in [1.165, 1.54) is 6.07 Å². The van der Waals surface area contributed by atoms with Gasteiger partial charge in [0, 0.05) is 25.9 Å². The second-order valence-electron chi connectivity index (χ2n) is 7.38. The van der Waals surface area contributed by atoms with E-state index < -0.39 is 11.7 Å². The van der Waals surface area contributed by atoms with Crippen molar-refractivity contribution in [2.75, 3.05) is 13.1 Å². The highest BCUT2D eigenvalue weighted by Crippen LogP contribution is 2.33. The van der Waals surface area contributed by atoms with Crippen molar-refractivity contribution < 1.29 is 18.0 Å². The van der Waals surface area contributed by atoms with Gasteiger partial charge in [0.1, 0.15) is 5.82 Å². The van der Waals surface area contributed by atoms with E-state index in [-0.39, 0.29) is 11.8 Å². The minimum absolute atomic E-state index is 0.0582. The number of carbonyl (C=O) groups excluding carboxylic acids is 1. The number of carbonyl (C=O) groups is 1. The molecule has 8 heteroatoms. The van der Waals surface area contributed by atoms with Gasteiger partial charge in [0.25, 0.3) is 0 Å². The molecule has 1 aliphatic heterocycles. The molecule has 0 bridgehead atoms. The summed E-state index contributed by atoms with van der Waals surface area (Å²) in [5.41, 5.74) is -0.223. The van der Waals surface area contributed by atoms with E-state index in [1.54, 1.807) is 12.1 Å². The third kappa shape index (κ3) is 5.33. The van der Waals surface area contributed by atoms with Crippen LogP contribution in [0.4, 0.5) is 13.2 Å². The number of benzene rings is 1. The lowest BCUT2D eigenvalue weighted by atomic mass is 9.90. The molecule has 0 unspecified atom stereocenters. The number of rotatable bonds is 6. The Labute approximate surface area is 162 Å². The Kier molecular flexibility index (Phi) is 6.36. The monoisotopic (exact) mass is 394 g/mol. The highest BCUT2D eigenvalue weighted by atomic mass is 19.4. The van der Waals surface area contributed by atoms with Crippen LogP contribution in [0.1, 0.15) is 48.5 Å². The first-order chi connectivity index (χ1) is 13.3. The number of piperidine rings is 1. The van der Waals surface area contributed by atoms with Crippen LogP contribution in [0, 0.1) is 12.8 Å². The zero-order valence-electron chi connectivity index (χ0n) is 15.9. The lowest BCUT2D eigenvalue weighted by Crippen LogP contribution is -2.40. The highest BCUT2D eigenvalue weighted by molar-refractivity contribution is 5.76. The molecule has 0 saturated carbocycles. The number of likely N-dealkylation sites (tertiary alicyclic amines) is 1. The van der Waals surface area contributed by atoms with Crippen molar-refractivity contribution in [2.24, 2.45) is 5.92 Å². The molecule has 2 heterocycles. The van der Waals surface area contributed by atoms with E-state index in [9.17, 15) is 18.0 Å². The molecule has 1 atom stereocenters. The number of hydrogen-bond donors (Lipinski definition) is 1. The van der Waals surface area contributed by atoms with Crippen LogP contribution < -0.4 is 0 Å². The lowest BCUT2D eigenvalue weighted by Gasteiger charge is -2.33. The van der Waals surface area contributed by atoms with Gasteiger partial charge in [-0.2, -0.15) is 18.3 Å². The van der Waals surface area contributed by atoms with Crippen LogP contribution in [0.25, 0.3) is 0 Å². The summed E-state index contributed by atoms with van der Waals surface area (Å²) in [6, 6.07) is 5.75. The maximum absolute atomic E-state index is 13.1. The molecular formula is C20H25F3N4O. The van der Waals surface area contributed by atoms with Crippen LogP contribution in [-0.4, -0.2) is 39.1 Å². The number of hydrogen-bond acceptors (Lipinski definition) is 3. The summed E-state index contributed by atoms with van der Waals surface area (Å²) in [5, 5.41) is 6.80. The fourth-order valence-electron chi connectivity index (χ4n) is 3.78. The molecule has 3 rings (SSSR count). The summed E-state index contributed by atoms with van der Waals surface area (Å²) >= 11 is 0. The van der Waals surface area contributed by atoms with Crippen molar-refractivity contribution in [3.05, 3.63) is 47.0 Å². The van der Waals surface area contributed by atoms with E-state index in [0.29, 0.717) is 50.2 Å². The fourth-order valence-corrected chi connectivity index (χ4v) is 3.78. The van der Waals surface area contributed by atoms with Gasteiger partial charge in [0.05, 0.1) is 5.56 Å². The predicted molar refractivity (Wildman–Crippen MR) is 98.5 cm³/mol. The van der Waals surface area contributed by atoms with Gasteiger partial charge in [0.2, 0.25) is 5.91 Å². The number of alkyl halides is 3. The van der Waals surface area contributed by atoms with E-state index >= 15 is 0 Å². The van der Waals surface area contributed by atoms with Crippen molar-refractivity contribution >= 4 is 5.91 Å².